The Morgan fingerprint density at radius 3 is 2.80 bits per heavy atom. The minimum absolute atomic E-state index is 0.435. The van der Waals surface area contributed by atoms with E-state index in [1.165, 1.54) is 31.3 Å². The van der Waals surface area contributed by atoms with Crippen molar-refractivity contribution in [3.8, 4) is 0 Å². The molecule has 0 aromatic rings. The van der Waals surface area contributed by atoms with Crippen molar-refractivity contribution in [2.45, 2.75) is 53.4 Å². The Labute approximate surface area is 94.5 Å². The van der Waals surface area contributed by atoms with Crippen molar-refractivity contribution in [3.05, 3.63) is 23.3 Å². The number of fused-ring (bicyclic) bond motifs is 1. The van der Waals surface area contributed by atoms with E-state index in [2.05, 4.69) is 39.8 Å². The molecule has 0 heterocycles. The van der Waals surface area contributed by atoms with Crippen molar-refractivity contribution >= 4 is 0 Å². The van der Waals surface area contributed by atoms with Crippen molar-refractivity contribution in [1.29, 1.82) is 0 Å². The lowest BCUT2D eigenvalue weighted by atomic mass is 9.70. The molecule has 0 radical (unpaired) electrons. The number of hydrogen-bond donors (Lipinski definition) is 0. The fourth-order valence-corrected chi connectivity index (χ4v) is 3.30. The lowest BCUT2D eigenvalue weighted by Gasteiger charge is -2.35. The van der Waals surface area contributed by atoms with E-state index in [1.807, 2.05) is 0 Å². The van der Waals surface area contributed by atoms with Gasteiger partial charge in [-0.3, -0.25) is 0 Å². The predicted molar refractivity (Wildman–Crippen MR) is 66.7 cm³/mol. The molecular weight excluding hydrogens is 180 g/mol. The summed E-state index contributed by atoms with van der Waals surface area (Å²) in [7, 11) is 0. The maximum absolute atomic E-state index is 2.47. The number of hydrogen-bond acceptors (Lipinski definition) is 0. The van der Waals surface area contributed by atoms with E-state index < -0.39 is 0 Å². The van der Waals surface area contributed by atoms with Crippen LogP contribution in [0.3, 0.4) is 0 Å². The van der Waals surface area contributed by atoms with Crippen LogP contribution >= 0.6 is 0 Å². The Kier molecular flexibility index (Phi) is 2.79. The summed E-state index contributed by atoms with van der Waals surface area (Å²) in [5.41, 5.74) is 3.64. The zero-order valence-corrected chi connectivity index (χ0v) is 10.6. The van der Waals surface area contributed by atoms with Crippen molar-refractivity contribution in [2.75, 3.05) is 0 Å². The van der Waals surface area contributed by atoms with E-state index in [0.717, 1.165) is 11.8 Å². The Morgan fingerprint density at radius 2 is 2.07 bits per heavy atom. The molecule has 0 amide bonds. The van der Waals surface area contributed by atoms with Crippen molar-refractivity contribution in [1.82, 2.24) is 0 Å². The summed E-state index contributed by atoms with van der Waals surface area (Å²) in [6.45, 7) is 9.55. The van der Waals surface area contributed by atoms with Crippen LogP contribution in [0.2, 0.25) is 0 Å². The second-order valence-electron chi connectivity index (χ2n) is 6.14. The molecule has 15 heavy (non-hydrogen) atoms. The smallest absolute Gasteiger partial charge is 0.0134 e. The summed E-state index contributed by atoms with van der Waals surface area (Å²) in [5, 5.41) is 0. The monoisotopic (exact) mass is 204 g/mol. The Morgan fingerprint density at radius 1 is 1.33 bits per heavy atom. The first-order chi connectivity index (χ1) is 7.00. The minimum Gasteiger partial charge on any atom is -0.0810 e. The highest BCUT2D eigenvalue weighted by Gasteiger charge is 2.35. The molecule has 84 valence electrons. The summed E-state index contributed by atoms with van der Waals surface area (Å²) in [4.78, 5) is 0. The van der Waals surface area contributed by atoms with Gasteiger partial charge in [0.25, 0.3) is 0 Å². The van der Waals surface area contributed by atoms with Crippen molar-refractivity contribution < 1.29 is 0 Å². The van der Waals surface area contributed by atoms with Crippen molar-refractivity contribution in [3.63, 3.8) is 0 Å². The highest BCUT2D eigenvalue weighted by atomic mass is 14.4. The van der Waals surface area contributed by atoms with Gasteiger partial charge in [-0.25, -0.2) is 0 Å². The van der Waals surface area contributed by atoms with Crippen LogP contribution in [0.4, 0.5) is 0 Å². The van der Waals surface area contributed by atoms with E-state index >= 15 is 0 Å². The molecule has 2 atom stereocenters. The Balaban J connectivity index is 2.37. The van der Waals surface area contributed by atoms with Crippen molar-refractivity contribution in [2.24, 2.45) is 17.3 Å². The maximum Gasteiger partial charge on any atom is -0.0134 e. The van der Waals surface area contributed by atoms with Gasteiger partial charge < -0.3 is 0 Å². The summed E-state index contributed by atoms with van der Waals surface area (Å²) in [5.74, 6) is 1.70. The van der Waals surface area contributed by atoms with Gasteiger partial charge in [-0.1, -0.05) is 56.9 Å². The van der Waals surface area contributed by atoms with Crippen LogP contribution in [0.5, 0.6) is 0 Å². The Hall–Kier alpha value is -0.520. The molecule has 1 fully saturated rings. The lowest BCUT2D eigenvalue weighted by molar-refractivity contribution is 0.350. The molecular formula is C15H24. The third-order valence-corrected chi connectivity index (χ3v) is 4.41. The van der Waals surface area contributed by atoms with E-state index in [-0.39, 0.29) is 0 Å². The lowest BCUT2D eigenvalue weighted by Crippen LogP contribution is -2.23. The normalized spacial score (nSPS) is 34.9. The fraction of sp³-hybridized carbons (Fsp3) is 0.733. The average Bonchev–Trinajstić information content (AvgIpc) is 2.26. The third-order valence-electron chi connectivity index (χ3n) is 4.41. The molecule has 0 nitrogen and oxygen atoms in total. The van der Waals surface area contributed by atoms with Crippen LogP contribution in [0.25, 0.3) is 0 Å². The predicted octanol–water partition coefficient (Wildman–Crippen LogP) is 4.73. The number of rotatable bonds is 0. The standard InChI is InChI=1S/C15H24/c1-11-7-8-13-12(2)6-5-9-15(3,4)14(13)10-11/h7,10,12-13H,5-6,8-9H2,1-4H3/t12-,13+/m0/s1. The van der Waals surface area contributed by atoms with Crippen LogP contribution in [-0.2, 0) is 0 Å². The highest BCUT2D eigenvalue weighted by Crippen LogP contribution is 2.47. The second kappa shape index (κ2) is 3.81. The molecule has 1 saturated carbocycles. The average molecular weight is 204 g/mol. The first-order valence-corrected chi connectivity index (χ1v) is 6.39. The summed E-state index contributed by atoms with van der Waals surface area (Å²) < 4.78 is 0. The van der Waals surface area contributed by atoms with Gasteiger partial charge in [0.1, 0.15) is 0 Å². The second-order valence-corrected chi connectivity index (χ2v) is 6.14. The number of allylic oxidation sites excluding steroid dienone is 4. The SMILES string of the molecule is CC1=CC[C@H]2C(=C1)C(C)(C)CCC[C@@H]2C. The molecule has 0 aliphatic heterocycles. The zero-order valence-electron chi connectivity index (χ0n) is 10.6. The topological polar surface area (TPSA) is 0 Å². The van der Waals surface area contributed by atoms with Crippen LogP contribution < -0.4 is 0 Å². The van der Waals surface area contributed by atoms with Crippen LogP contribution in [-0.4, -0.2) is 0 Å². The quantitative estimate of drug-likeness (QED) is 0.535. The molecule has 0 N–H and O–H groups in total. The minimum atomic E-state index is 0.435. The van der Waals surface area contributed by atoms with E-state index in [4.69, 9.17) is 0 Å². The molecule has 0 saturated heterocycles. The van der Waals surface area contributed by atoms with Gasteiger partial charge in [-0.15, -0.1) is 0 Å². The molecule has 0 heteroatoms. The van der Waals surface area contributed by atoms with Gasteiger partial charge in [0, 0.05) is 0 Å². The summed E-state index contributed by atoms with van der Waals surface area (Å²) in [6, 6.07) is 0. The third kappa shape index (κ3) is 2.04. The van der Waals surface area contributed by atoms with Gasteiger partial charge in [0.2, 0.25) is 0 Å². The summed E-state index contributed by atoms with van der Waals surface area (Å²) >= 11 is 0. The van der Waals surface area contributed by atoms with Crippen LogP contribution in [0.1, 0.15) is 53.4 Å². The van der Waals surface area contributed by atoms with Gasteiger partial charge in [0.05, 0.1) is 0 Å². The van der Waals surface area contributed by atoms with E-state index in [0.29, 0.717) is 5.41 Å². The van der Waals surface area contributed by atoms with Gasteiger partial charge >= 0.3 is 0 Å². The largest absolute Gasteiger partial charge is 0.0810 e. The molecule has 0 bridgehead atoms. The zero-order chi connectivity index (χ0) is 11.1. The summed E-state index contributed by atoms with van der Waals surface area (Å²) in [6.07, 6.45) is 10.4. The first-order valence-electron chi connectivity index (χ1n) is 6.39. The maximum atomic E-state index is 2.47. The van der Waals surface area contributed by atoms with Crippen LogP contribution in [0, 0.1) is 17.3 Å². The fourth-order valence-electron chi connectivity index (χ4n) is 3.30. The molecule has 2 aliphatic rings. The van der Waals surface area contributed by atoms with E-state index in [9.17, 15) is 0 Å². The van der Waals surface area contributed by atoms with Crippen LogP contribution in [0.15, 0.2) is 23.3 Å². The van der Waals surface area contributed by atoms with Gasteiger partial charge in [-0.2, -0.15) is 0 Å². The van der Waals surface area contributed by atoms with E-state index in [1.54, 1.807) is 5.57 Å². The molecule has 0 spiro atoms. The molecule has 2 rings (SSSR count). The molecule has 0 unspecified atom stereocenters. The van der Waals surface area contributed by atoms with Gasteiger partial charge in [0.15, 0.2) is 0 Å². The first kappa shape index (κ1) is 11.0. The molecule has 2 aliphatic carbocycles. The Bertz CT molecular complexity index is 304. The van der Waals surface area contributed by atoms with Gasteiger partial charge in [-0.05, 0) is 37.0 Å². The molecule has 0 aromatic carbocycles. The highest BCUT2D eigenvalue weighted by molar-refractivity contribution is 5.32. The molecule has 0 aromatic heterocycles.